The Bertz CT molecular complexity index is 476. The smallest absolute Gasteiger partial charge is 0.272 e. The van der Waals surface area contributed by atoms with E-state index in [1.54, 1.807) is 17.0 Å². The molecule has 0 radical (unpaired) electrons. The van der Waals surface area contributed by atoms with E-state index in [9.17, 15) is 9.59 Å². The van der Waals surface area contributed by atoms with E-state index < -0.39 is 5.91 Å². The van der Waals surface area contributed by atoms with Crippen LogP contribution in [0.3, 0.4) is 0 Å². The summed E-state index contributed by atoms with van der Waals surface area (Å²) in [7, 11) is 1.84. The van der Waals surface area contributed by atoms with Crippen molar-refractivity contribution in [2.75, 3.05) is 7.05 Å². The summed E-state index contributed by atoms with van der Waals surface area (Å²) in [6.07, 6.45) is 8.33. The van der Waals surface area contributed by atoms with Crippen LogP contribution in [-0.4, -0.2) is 34.8 Å². The molecule has 20 heavy (non-hydrogen) atoms. The first kappa shape index (κ1) is 14.5. The SMILES string of the molecule is CN(C(=O)c1ccc(C(N)=O)cn1)C1CCCCCC1. The first-order valence-electron chi connectivity index (χ1n) is 7.12. The minimum atomic E-state index is -0.534. The van der Waals surface area contributed by atoms with Gasteiger partial charge >= 0.3 is 0 Å². The number of primary amides is 1. The van der Waals surface area contributed by atoms with Crippen molar-refractivity contribution in [2.24, 2.45) is 5.73 Å². The van der Waals surface area contributed by atoms with Crippen LogP contribution in [0, 0.1) is 0 Å². The highest BCUT2D eigenvalue weighted by atomic mass is 16.2. The van der Waals surface area contributed by atoms with Crippen molar-refractivity contribution >= 4 is 11.8 Å². The topological polar surface area (TPSA) is 76.3 Å². The lowest BCUT2D eigenvalue weighted by Gasteiger charge is -2.26. The second-order valence-corrected chi connectivity index (χ2v) is 5.36. The Kier molecular flexibility index (Phi) is 4.71. The number of nitrogens with two attached hydrogens (primary N) is 1. The summed E-state index contributed by atoms with van der Waals surface area (Å²) in [5.74, 6) is -0.624. The molecule has 1 saturated carbocycles. The second-order valence-electron chi connectivity index (χ2n) is 5.36. The van der Waals surface area contributed by atoms with Crippen LogP contribution in [0.4, 0.5) is 0 Å². The lowest BCUT2D eigenvalue weighted by Crippen LogP contribution is -2.37. The van der Waals surface area contributed by atoms with Crippen molar-refractivity contribution in [1.29, 1.82) is 0 Å². The van der Waals surface area contributed by atoms with E-state index in [-0.39, 0.29) is 5.91 Å². The molecule has 5 nitrogen and oxygen atoms in total. The number of hydrogen-bond acceptors (Lipinski definition) is 3. The molecule has 0 atom stereocenters. The zero-order chi connectivity index (χ0) is 14.5. The minimum absolute atomic E-state index is 0.0899. The van der Waals surface area contributed by atoms with E-state index in [2.05, 4.69) is 4.98 Å². The van der Waals surface area contributed by atoms with E-state index in [1.165, 1.54) is 31.9 Å². The summed E-state index contributed by atoms with van der Waals surface area (Å²) in [4.78, 5) is 29.2. The van der Waals surface area contributed by atoms with Gasteiger partial charge in [0.1, 0.15) is 5.69 Å². The molecule has 5 heteroatoms. The Morgan fingerprint density at radius 3 is 2.35 bits per heavy atom. The quantitative estimate of drug-likeness (QED) is 0.857. The summed E-state index contributed by atoms with van der Waals surface area (Å²) in [6, 6.07) is 3.40. The Hall–Kier alpha value is -1.91. The lowest BCUT2D eigenvalue weighted by atomic mass is 10.1. The summed E-state index contributed by atoms with van der Waals surface area (Å²) < 4.78 is 0. The molecule has 2 amide bonds. The highest BCUT2D eigenvalue weighted by molar-refractivity contribution is 5.95. The monoisotopic (exact) mass is 275 g/mol. The average Bonchev–Trinajstić information content (AvgIpc) is 2.75. The average molecular weight is 275 g/mol. The summed E-state index contributed by atoms with van der Waals surface area (Å²) in [6.45, 7) is 0. The van der Waals surface area contributed by atoms with Gasteiger partial charge in [-0.15, -0.1) is 0 Å². The van der Waals surface area contributed by atoms with Gasteiger partial charge in [-0.25, -0.2) is 0 Å². The van der Waals surface area contributed by atoms with Gasteiger partial charge in [0.2, 0.25) is 5.91 Å². The van der Waals surface area contributed by atoms with Crippen molar-refractivity contribution in [3.8, 4) is 0 Å². The maximum atomic E-state index is 12.4. The number of pyridine rings is 1. The Morgan fingerprint density at radius 2 is 1.85 bits per heavy atom. The predicted molar refractivity (Wildman–Crippen MR) is 76.3 cm³/mol. The van der Waals surface area contributed by atoms with Crippen molar-refractivity contribution in [1.82, 2.24) is 9.88 Å². The van der Waals surface area contributed by atoms with E-state index in [1.807, 2.05) is 7.05 Å². The molecule has 0 aliphatic heterocycles. The predicted octanol–water partition coefficient (Wildman–Crippen LogP) is 1.98. The van der Waals surface area contributed by atoms with Gasteiger partial charge in [-0.05, 0) is 25.0 Å². The second kappa shape index (κ2) is 6.50. The molecule has 1 fully saturated rings. The molecule has 0 unspecified atom stereocenters. The normalized spacial score (nSPS) is 16.4. The van der Waals surface area contributed by atoms with Gasteiger partial charge in [-0.1, -0.05) is 25.7 Å². The van der Waals surface area contributed by atoms with Crippen molar-refractivity contribution < 1.29 is 9.59 Å². The van der Waals surface area contributed by atoms with Crippen LogP contribution < -0.4 is 5.73 Å². The van der Waals surface area contributed by atoms with Gasteiger partial charge in [-0.2, -0.15) is 0 Å². The summed E-state index contributed by atoms with van der Waals surface area (Å²) in [5, 5.41) is 0. The fraction of sp³-hybridized carbons (Fsp3) is 0.533. The third kappa shape index (κ3) is 3.35. The third-order valence-electron chi connectivity index (χ3n) is 3.96. The first-order chi connectivity index (χ1) is 9.59. The lowest BCUT2D eigenvalue weighted by molar-refractivity contribution is 0.0711. The van der Waals surface area contributed by atoms with Crippen molar-refractivity contribution in [3.05, 3.63) is 29.6 Å². The molecule has 0 saturated heterocycles. The minimum Gasteiger partial charge on any atom is -0.366 e. The van der Waals surface area contributed by atoms with Crippen molar-refractivity contribution in [2.45, 2.75) is 44.6 Å². The van der Waals surface area contributed by atoms with Crippen LogP contribution >= 0.6 is 0 Å². The molecule has 1 aromatic heterocycles. The Morgan fingerprint density at radius 1 is 1.20 bits per heavy atom. The molecule has 1 aliphatic rings. The molecule has 108 valence electrons. The zero-order valence-electron chi connectivity index (χ0n) is 11.8. The van der Waals surface area contributed by atoms with E-state index in [0.717, 1.165) is 12.8 Å². The molecule has 2 rings (SSSR count). The number of aromatic nitrogens is 1. The molecule has 0 bridgehead atoms. The molecule has 2 N–H and O–H groups in total. The van der Waals surface area contributed by atoms with Crippen molar-refractivity contribution in [3.63, 3.8) is 0 Å². The highest BCUT2D eigenvalue weighted by Crippen LogP contribution is 2.22. The van der Waals surface area contributed by atoms with Crippen LogP contribution in [-0.2, 0) is 0 Å². The molecule has 1 aromatic rings. The number of amides is 2. The fourth-order valence-corrected chi connectivity index (χ4v) is 2.66. The largest absolute Gasteiger partial charge is 0.366 e. The summed E-state index contributed by atoms with van der Waals surface area (Å²) >= 11 is 0. The van der Waals surface area contributed by atoms with Gasteiger partial charge in [0, 0.05) is 19.3 Å². The third-order valence-corrected chi connectivity index (χ3v) is 3.96. The maximum Gasteiger partial charge on any atom is 0.272 e. The van der Waals surface area contributed by atoms with E-state index >= 15 is 0 Å². The molecule has 0 aromatic carbocycles. The Labute approximate surface area is 119 Å². The van der Waals surface area contributed by atoms with E-state index in [4.69, 9.17) is 5.73 Å². The van der Waals surface area contributed by atoms with Crippen LogP contribution in [0.1, 0.15) is 59.4 Å². The first-order valence-corrected chi connectivity index (χ1v) is 7.12. The van der Waals surface area contributed by atoms with Gasteiger partial charge in [0.05, 0.1) is 5.56 Å². The zero-order valence-corrected chi connectivity index (χ0v) is 11.8. The number of rotatable bonds is 3. The molecule has 1 aliphatic carbocycles. The molecular weight excluding hydrogens is 254 g/mol. The van der Waals surface area contributed by atoms with Crippen LogP contribution in [0.5, 0.6) is 0 Å². The number of carbonyl (C=O) groups is 2. The molecule has 1 heterocycles. The Balaban J connectivity index is 2.07. The maximum absolute atomic E-state index is 12.4. The van der Waals surface area contributed by atoms with Gasteiger partial charge < -0.3 is 10.6 Å². The highest BCUT2D eigenvalue weighted by Gasteiger charge is 2.22. The van der Waals surface area contributed by atoms with Gasteiger partial charge in [-0.3, -0.25) is 14.6 Å². The molecular formula is C15H21N3O2. The number of nitrogens with zero attached hydrogens (tertiary/aromatic N) is 2. The van der Waals surface area contributed by atoms with Crippen LogP contribution in [0.2, 0.25) is 0 Å². The van der Waals surface area contributed by atoms with Gasteiger partial charge in [0.15, 0.2) is 0 Å². The van der Waals surface area contributed by atoms with E-state index in [0.29, 0.717) is 17.3 Å². The molecule has 0 spiro atoms. The van der Waals surface area contributed by atoms with Crippen LogP contribution in [0.25, 0.3) is 0 Å². The number of hydrogen-bond donors (Lipinski definition) is 1. The van der Waals surface area contributed by atoms with Gasteiger partial charge in [0.25, 0.3) is 5.91 Å². The van der Waals surface area contributed by atoms with Crippen LogP contribution in [0.15, 0.2) is 18.3 Å². The summed E-state index contributed by atoms with van der Waals surface area (Å²) in [5.41, 5.74) is 5.84. The fourth-order valence-electron chi connectivity index (χ4n) is 2.66. The standard InChI is InChI=1S/C15H21N3O2/c1-18(12-6-4-2-3-5-7-12)15(20)13-9-8-11(10-17-13)14(16)19/h8-10,12H,2-7H2,1H3,(H2,16,19). The number of carbonyl (C=O) groups excluding carboxylic acids is 2.